The van der Waals surface area contributed by atoms with Crippen LogP contribution in [-0.2, 0) is 43.1 Å². The van der Waals surface area contributed by atoms with Gasteiger partial charge in [-0.15, -0.1) is 15.2 Å². The standard InChI is InChI=1S/C18H24N6O9/c1-7-13(25)31-22(10-28-4)16-19-17(23(11-29-5)32-14(26)8-2)21-18(20-16)24(12-30-6)33-15(27)9-3/h7-9H,1-3,10-12H2,4-6H3. The Kier molecular flexibility index (Phi) is 11.5. The lowest BCUT2D eigenvalue weighted by Gasteiger charge is -2.25. The quantitative estimate of drug-likeness (QED) is 0.193. The maximum absolute atomic E-state index is 11.8. The summed E-state index contributed by atoms with van der Waals surface area (Å²) in [6, 6.07) is 0. The van der Waals surface area contributed by atoms with Gasteiger partial charge in [0.05, 0.1) is 0 Å². The van der Waals surface area contributed by atoms with Crippen LogP contribution in [0.25, 0.3) is 0 Å². The average molecular weight is 468 g/mol. The molecule has 0 amide bonds. The summed E-state index contributed by atoms with van der Waals surface area (Å²) in [6.07, 6.45) is 2.70. The van der Waals surface area contributed by atoms with E-state index in [1.54, 1.807) is 0 Å². The van der Waals surface area contributed by atoms with E-state index in [1.807, 2.05) is 0 Å². The lowest BCUT2D eigenvalue weighted by atomic mass is 10.7. The number of methoxy groups -OCH3 is 3. The minimum absolute atomic E-state index is 0.307. The van der Waals surface area contributed by atoms with Crippen LogP contribution in [0, 0.1) is 0 Å². The molecule has 0 saturated carbocycles. The van der Waals surface area contributed by atoms with E-state index in [2.05, 4.69) is 34.7 Å². The van der Waals surface area contributed by atoms with Crippen molar-refractivity contribution in [3.63, 3.8) is 0 Å². The number of hydrogen-bond donors (Lipinski definition) is 0. The Morgan fingerprint density at radius 1 is 0.636 bits per heavy atom. The van der Waals surface area contributed by atoms with Crippen molar-refractivity contribution in [2.45, 2.75) is 0 Å². The molecule has 180 valence electrons. The molecule has 1 aromatic heterocycles. The van der Waals surface area contributed by atoms with E-state index in [-0.39, 0.29) is 38.0 Å². The van der Waals surface area contributed by atoms with Crippen LogP contribution in [0.5, 0.6) is 0 Å². The summed E-state index contributed by atoms with van der Waals surface area (Å²) in [7, 11) is 3.97. The highest BCUT2D eigenvalue weighted by molar-refractivity contribution is 5.83. The number of anilines is 3. The van der Waals surface area contributed by atoms with Gasteiger partial charge in [0.25, 0.3) is 17.8 Å². The van der Waals surface area contributed by atoms with Gasteiger partial charge in [0.1, 0.15) is 0 Å². The Balaban J connectivity index is 3.63. The molecule has 0 aromatic carbocycles. The molecule has 0 fully saturated rings. The van der Waals surface area contributed by atoms with E-state index in [1.165, 1.54) is 21.3 Å². The molecular formula is C18H24N6O9. The first kappa shape index (κ1) is 27.0. The fraction of sp³-hybridized carbons (Fsp3) is 0.333. The maximum Gasteiger partial charge on any atom is 0.355 e. The van der Waals surface area contributed by atoms with E-state index in [0.29, 0.717) is 0 Å². The van der Waals surface area contributed by atoms with Gasteiger partial charge in [-0.05, 0) is 0 Å². The lowest BCUT2D eigenvalue weighted by Crippen LogP contribution is -2.36. The van der Waals surface area contributed by atoms with E-state index in [9.17, 15) is 14.4 Å². The average Bonchev–Trinajstić information content (AvgIpc) is 2.82. The minimum Gasteiger partial charge on any atom is -0.361 e. The number of ether oxygens (including phenoxy) is 3. The van der Waals surface area contributed by atoms with Crippen LogP contribution in [0.4, 0.5) is 17.8 Å². The van der Waals surface area contributed by atoms with Crippen molar-refractivity contribution in [1.29, 1.82) is 0 Å². The van der Waals surface area contributed by atoms with E-state index in [0.717, 1.165) is 33.4 Å². The number of hydroxylamine groups is 3. The van der Waals surface area contributed by atoms with Gasteiger partial charge in [-0.2, -0.15) is 15.0 Å². The van der Waals surface area contributed by atoms with Gasteiger partial charge in [-0.3, -0.25) is 0 Å². The molecule has 33 heavy (non-hydrogen) atoms. The SMILES string of the molecule is C=CC(=O)ON(COC)c1nc(N(COC)OC(=O)C=C)nc(N(COC)OC(=O)C=C)n1. The van der Waals surface area contributed by atoms with Crippen molar-refractivity contribution in [3.05, 3.63) is 38.0 Å². The zero-order valence-electron chi connectivity index (χ0n) is 18.3. The van der Waals surface area contributed by atoms with Gasteiger partial charge in [0.15, 0.2) is 20.2 Å². The van der Waals surface area contributed by atoms with Crippen LogP contribution in [0.15, 0.2) is 38.0 Å². The summed E-state index contributed by atoms with van der Waals surface area (Å²) in [6.45, 7) is 8.97. The van der Waals surface area contributed by atoms with Crippen molar-refractivity contribution in [2.75, 3.05) is 56.7 Å². The van der Waals surface area contributed by atoms with Crippen molar-refractivity contribution in [2.24, 2.45) is 0 Å². The molecule has 0 bridgehead atoms. The van der Waals surface area contributed by atoms with Gasteiger partial charge in [0, 0.05) is 39.6 Å². The summed E-state index contributed by atoms with van der Waals surface area (Å²) in [5.41, 5.74) is 0. The molecule has 0 aliphatic heterocycles. The molecule has 1 rings (SSSR count). The first-order valence-corrected chi connectivity index (χ1v) is 8.92. The topological polar surface area (TPSA) is 155 Å². The van der Waals surface area contributed by atoms with Crippen molar-refractivity contribution in [1.82, 2.24) is 15.0 Å². The Bertz CT molecular complexity index is 744. The molecule has 0 aliphatic rings. The molecular weight excluding hydrogens is 444 g/mol. The van der Waals surface area contributed by atoms with E-state index >= 15 is 0 Å². The summed E-state index contributed by atoms with van der Waals surface area (Å²) < 4.78 is 15.0. The van der Waals surface area contributed by atoms with Gasteiger partial charge in [0.2, 0.25) is 0 Å². The number of carbonyl (C=O) groups is 3. The van der Waals surface area contributed by atoms with Gasteiger partial charge >= 0.3 is 17.9 Å². The van der Waals surface area contributed by atoms with Gasteiger partial charge in [-0.25, -0.2) is 14.4 Å². The maximum atomic E-state index is 11.8. The van der Waals surface area contributed by atoms with Gasteiger partial charge < -0.3 is 28.7 Å². The molecule has 0 aliphatic carbocycles. The molecule has 0 N–H and O–H groups in total. The third kappa shape index (κ3) is 8.52. The molecule has 0 spiro atoms. The second-order valence-electron chi connectivity index (χ2n) is 5.47. The Labute approximate surface area is 189 Å². The second kappa shape index (κ2) is 14.1. The predicted octanol–water partition coefficient (Wildman–Crippen LogP) is 0.0351. The summed E-state index contributed by atoms with van der Waals surface area (Å²) in [4.78, 5) is 62.8. The number of nitrogens with zero attached hydrogens (tertiary/aromatic N) is 6. The molecule has 1 heterocycles. The molecule has 1 aromatic rings. The van der Waals surface area contributed by atoms with Crippen LogP contribution >= 0.6 is 0 Å². The zero-order chi connectivity index (χ0) is 24.8. The fourth-order valence-corrected chi connectivity index (χ4v) is 1.84. The smallest absolute Gasteiger partial charge is 0.355 e. The largest absolute Gasteiger partial charge is 0.361 e. The first-order valence-electron chi connectivity index (χ1n) is 8.92. The molecule has 0 atom stereocenters. The molecule has 0 unspecified atom stereocenters. The third-order valence-electron chi connectivity index (χ3n) is 3.11. The van der Waals surface area contributed by atoms with Gasteiger partial charge in [-0.1, -0.05) is 19.7 Å². The highest BCUT2D eigenvalue weighted by Gasteiger charge is 2.25. The zero-order valence-corrected chi connectivity index (χ0v) is 18.3. The van der Waals surface area contributed by atoms with Crippen LogP contribution in [0.2, 0.25) is 0 Å². The van der Waals surface area contributed by atoms with Crippen molar-refractivity contribution >= 4 is 35.8 Å². The number of rotatable bonds is 15. The molecule has 15 heteroatoms. The Hall–Kier alpha value is -4.08. The third-order valence-corrected chi connectivity index (χ3v) is 3.11. The Morgan fingerprint density at radius 2 is 0.879 bits per heavy atom. The first-order chi connectivity index (χ1) is 15.8. The highest BCUT2D eigenvalue weighted by atomic mass is 16.7. The summed E-state index contributed by atoms with van der Waals surface area (Å²) >= 11 is 0. The molecule has 0 radical (unpaired) electrons. The van der Waals surface area contributed by atoms with E-state index < -0.39 is 17.9 Å². The Morgan fingerprint density at radius 3 is 1.06 bits per heavy atom. The van der Waals surface area contributed by atoms with E-state index in [4.69, 9.17) is 28.7 Å². The number of hydrogen-bond acceptors (Lipinski definition) is 15. The van der Waals surface area contributed by atoms with Crippen LogP contribution in [-0.4, -0.2) is 74.4 Å². The summed E-state index contributed by atoms with van der Waals surface area (Å²) in [5.74, 6) is -3.48. The fourth-order valence-electron chi connectivity index (χ4n) is 1.84. The van der Waals surface area contributed by atoms with Crippen molar-refractivity contribution in [3.8, 4) is 0 Å². The number of aromatic nitrogens is 3. The predicted molar refractivity (Wildman–Crippen MR) is 112 cm³/mol. The lowest BCUT2D eigenvalue weighted by molar-refractivity contribution is -0.142. The number of carbonyl (C=O) groups excluding carboxylic acids is 3. The van der Waals surface area contributed by atoms with Crippen LogP contribution in [0.1, 0.15) is 0 Å². The van der Waals surface area contributed by atoms with Crippen molar-refractivity contribution < 1.29 is 43.1 Å². The minimum atomic E-state index is -0.853. The normalized spacial score (nSPS) is 9.91. The molecule has 0 saturated heterocycles. The van der Waals surface area contributed by atoms with Crippen LogP contribution in [0.3, 0.4) is 0 Å². The summed E-state index contributed by atoms with van der Waals surface area (Å²) in [5, 5.41) is 2.54. The van der Waals surface area contributed by atoms with Crippen LogP contribution < -0.4 is 15.2 Å². The highest BCUT2D eigenvalue weighted by Crippen LogP contribution is 2.21. The molecule has 15 nitrogen and oxygen atoms in total. The monoisotopic (exact) mass is 468 g/mol. The second-order valence-corrected chi connectivity index (χ2v) is 5.47.